The van der Waals surface area contributed by atoms with Crippen molar-refractivity contribution < 1.29 is 28.5 Å². The van der Waals surface area contributed by atoms with Crippen molar-refractivity contribution in [3.8, 4) is 0 Å². The van der Waals surface area contributed by atoms with Gasteiger partial charge in [-0.25, -0.2) is 4.68 Å². The number of nitrogens with two attached hydrogens (primary N) is 2. The molecular formula is C15H23N5O6. The quantitative estimate of drug-likeness (QED) is 0.721. The van der Waals surface area contributed by atoms with Crippen LogP contribution in [-0.2, 0) is 23.7 Å². The number of fused-ring (bicyclic) bond motifs is 1. The van der Waals surface area contributed by atoms with Gasteiger partial charge in [-0.15, -0.1) is 5.10 Å². The SMILES string of the molecule is CC1(C)OCC([C@H]2O[C@@H]3OC(C)(C)O[C@@H]3[C@H]2n2nnc(C(N)=O)c2N)O1. The Hall–Kier alpha value is -1.79. The van der Waals surface area contributed by atoms with Gasteiger partial charge in [0.2, 0.25) is 0 Å². The van der Waals surface area contributed by atoms with E-state index in [1.165, 1.54) is 4.68 Å². The number of carbonyl (C=O) groups is 1. The highest BCUT2D eigenvalue weighted by molar-refractivity contribution is 5.94. The first kappa shape index (κ1) is 17.6. The van der Waals surface area contributed by atoms with Crippen molar-refractivity contribution in [1.82, 2.24) is 15.0 Å². The molecule has 0 spiro atoms. The number of primary amides is 1. The largest absolute Gasteiger partial charge is 0.382 e. The van der Waals surface area contributed by atoms with Gasteiger partial charge in [-0.05, 0) is 27.7 Å². The van der Waals surface area contributed by atoms with Crippen LogP contribution in [0.15, 0.2) is 0 Å². The van der Waals surface area contributed by atoms with Crippen LogP contribution in [0, 0.1) is 0 Å². The first-order chi connectivity index (χ1) is 12.1. The fourth-order valence-corrected chi connectivity index (χ4v) is 3.68. The van der Waals surface area contributed by atoms with Crippen molar-refractivity contribution in [3.05, 3.63) is 5.69 Å². The summed E-state index contributed by atoms with van der Waals surface area (Å²) < 4.78 is 30.9. The molecule has 0 aromatic carbocycles. The molecule has 3 aliphatic heterocycles. The monoisotopic (exact) mass is 369 g/mol. The second-order valence-corrected chi connectivity index (χ2v) is 7.56. The molecule has 3 fully saturated rings. The third-order valence-electron chi connectivity index (χ3n) is 4.70. The lowest BCUT2D eigenvalue weighted by molar-refractivity contribution is -0.226. The number of nitrogen functional groups attached to an aromatic ring is 1. The molecule has 4 N–H and O–H groups in total. The minimum atomic E-state index is -0.827. The van der Waals surface area contributed by atoms with E-state index in [1.54, 1.807) is 13.8 Å². The first-order valence-electron chi connectivity index (χ1n) is 8.41. The molecule has 0 radical (unpaired) electrons. The number of ether oxygens (including phenoxy) is 5. The van der Waals surface area contributed by atoms with Gasteiger partial charge in [0.15, 0.2) is 29.4 Å². The Morgan fingerprint density at radius 1 is 1.15 bits per heavy atom. The lowest BCUT2D eigenvalue weighted by atomic mass is 10.0. The molecule has 1 aromatic heterocycles. The number of carbonyl (C=O) groups excluding carboxylic acids is 1. The second-order valence-electron chi connectivity index (χ2n) is 7.56. The van der Waals surface area contributed by atoms with Gasteiger partial charge < -0.3 is 35.2 Å². The van der Waals surface area contributed by atoms with Crippen LogP contribution >= 0.6 is 0 Å². The Morgan fingerprint density at radius 2 is 1.88 bits per heavy atom. The summed E-state index contributed by atoms with van der Waals surface area (Å²) in [6.07, 6.45) is -2.05. The number of anilines is 1. The van der Waals surface area contributed by atoms with Gasteiger partial charge in [-0.3, -0.25) is 4.79 Å². The molecule has 1 aromatic rings. The molecule has 0 bridgehead atoms. The Labute approximate surface area is 149 Å². The van der Waals surface area contributed by atoms with E-state index in [0.29, 0.717) is 6.61 Å². The second kappa shape index (κ2) is 5.60. The normalized spacial score (nSPS) is 37.8. The minimum absolute atomic E-state index is 0.0447. The van der Waals surface area contributed by atoms with Crippen LogP contribution in [0.25, 0.3) is 0 Å². The molecule has 0 aliphatic carbocycles. The average molecular weight is 369 g/mol. The molecule has 26 heavy (non-hydrogen) atoms. The first-order valence-corrected chi connectivity index (χ1v) is 8.41. The maximum absolute atomic E-state index is 11.5. The summed E-state index contributed by atoms with van der Waals surface area (Å²) in [6, 6.07) is -0.523. The number of hydrogen-bond donors (Lipinski definition) is 2. The molecule has 11 nitrogen and oxygen atoms in total. The fraction of sp³-hybridized carbons (Fsp3) is 0.800. The van der Waals surface area contributed by atoms with Gasteiger partial charge in [0.1, 0.15) is 24.4 Å². The van der Waals surface area contributed by atoms with Crippen LogP contribution in [0.3, 0.4) is 0 Å². The summed E-state index contributed by atoms with van der Waals surface area (Å²) in [6.45, 7) is 7.55. The lowest BCUT2D eigenvalue weighted by Gasteiger charge is -2.29. The topological polar surface area (TPSA) is 146 Å². The zero-order chi connectivity index (χ0) is 18.9. The third kappa shape index (κ3) is 2.76. The number of aromatic nitrogens is 3. The summed E-state index contributed by atoms with van der Waals surface area (Å²) in [7, 11) is 0. The van der Waals surface area contributed by atoms with Gasteiger partial charge in [-0.2, -0.15) is 0 Å². The Bertz CT molecular complexity index is 734. The average Bonchev–Trinajstić information content (AvgIpc) is 3.20. The lowest BCUT2D eigenvalue weighted by Crippen LogP contribution is -2.41. The maximum Gasteiger partial charge on any atom is 0.273 e. The summed E-state index contributed by atoms with van der Waals surface area (Å²) in [4.78, 5) is 11.5. The predicted octanol–water partition coefficient (Wildman–Crippen LogP) is -0.472. The maximum atomic E-state index is 11.5. The van der Waals surface area contributed by atoms with Gasteiger partial charge in [0.25, 0.3) is 5.91 Å². The summed E-state index contributed by atoms with van der Waals surface area (Å²) >= 11 is 0. The van der Waals surface area contributed by atoms with Crippen LogP contribution in [0.4, 0.5) is 5.82 Å². The van der Waals surface area contributed by atoms with Gasteiger partial charge in [0, 0.05) is 0 Å². The van der Waals surface area contributed by atoms with Crippen molar-refractivity contribution in [2.45, 2.75) is 69.9 Å². The molecular weight excluding hydrogens is 346 g/mol. The molecule has 3 saturated heterocycles. The zero-order valence-electron chi connectivity index (χ0n) is 15.0. The van der Waals surface area contributed by atoms with Crippen molar-refractivity contribution >= 4 is 11.7 Å². The van der Waals surface area contributed by atoms with Crippen molar-refractivity contribution in [3.63, 3.8) is 0 Å². The van der Waals surface area contributed by atoms with Gasteiger partial charge in [-0.1, -0.05) is 5.21 Å². The summed E-state index contributed by atoms with van der Waals surface area (Å²) in [5, 5.41) is 7.80. The van der Waals surface area contributed by atoms with Gasteiger partial charge >= 0.3 is 0 Å². The number of hydrogen-bond acceptors (Lipinski definition) is 9. The summed E-state index contributed by atoms with van der Waals surface area (Å²) in [5.41, 5.74) is 11.3. The van der Waals surface area contributed by atoms with E-state index in [-0.39, 0.29) is 11.5 Å². The molecule has 4 heterocycles. The van der Waals surface area contributed by atoms with E-state index in [0.717, 1.165) is 0 Å². The number of nitrogens with zero attached hydrogens (tertiary/aromatic N) is 3. The van der Waals surface area contributed by atoms with Crippen molar-refractivity contribution in [1.29, 1.82) is 0 Å². The van der Waals surface area contributed by atoms with E-state index < -0.39 is 48.1 Å². The minimum Gasteiger partial charge on any atom is -0.382 e. The highest BCUT2D eigenvalue weighted by atomic mass is 16.8. The molecule has 3 aliphatic rings. The molecule has 0 saturated carbocycles. The standard InChI is InChI=1S/C15H23N5O6/c1-14(2)22-5-6(24-14)9-8(10-13(23-9)26-15(3,4)25-10)20-11(16)7(12(17)21)18-19-20/h6,8-10,13H,5,16H2,1-4H3,(H2,17,21)/t6?,8-,9+,10+,13+/m0/s1. The van der Waals surface area contributed by atoms with E-state index >= 15 is 0 Å². The Kier molecular flexibility index (Phi) is 3.80. The predicted molar refractivity (Wildman–Crippen MR) is 85.6 cm³/mol. The summed E-state index contributed by atoms with van der Waals surface area (Å²) in [5.74, 6) is -2.27. The molecule has 5 atom stereocenters. The van der Waals surface area contributed by atoms with E-state index in [4.69, 9.17) is 35.2 Å². The number of rotatable bonds is 3. The highest BCUT2D eigenvalue weighted by Crippen LogP contribution is 2.46. The molecule has 1 amide bonds. The fourth-order valence-electron chi connectivity index (χ4n) is 3.68. The van der Waals surface area contributed by atoms with Crippen molar-refractivity contribution in [2.24, 2.45) is 5.73 Å². The Balaban J connectivity index is 1.70. The molecule has 1 unspecified atom stereocenters. The molecule has 4 rings (SSSR count). The van der Waals surface area contributed by atoms with Crippen LogP contribution in [0.1, 0.15) is 44.2 Å². The van der Waals surface area contributed by atoms with Crippen LogP contribution in [0.5, 0.6) is 0 Å². The third-order valence-corrected chi connectivity index (χ3v) is 4.70. The van der Waals surface area contributed by atoms with E-state index in [1.807, 2.05) is 13.8 Å². The van der Waals surface area contributed by atoms with E-state index in [2.05, 4.69) is 10.3 Å². The highest BCUT2D eigenvalue weighted by Gasteiger charge is 2.59. The van der Waals surface area contributed by atoms with E-state index in [9.17, 15) is 4.79 Å². The van der Waals surface area contributed by atoms with Crippen LogP contribution < -0.4 is 11.5 Å². The molecule has 144 valence electrons. The smallest absolute Gasteiger partial charge is 0.273 e. The van der Waals surface area contributed by atoms with Crippen LogP contribution in [-0.4, -0.2) is 63.7 Å². The Morgan fingerprint density at radius 3 is 2.46 bits per heavy atom. The molecule has 11 heteroatoms. The zero-order valence-corrected chi connectivity index (χ0v) is 15.0. The van der Waals surface area contributed by atoms with Gasteiger partial charge in [0.05, 0.1) is 6.61 Å². The number of amides is 1. The van der Waals surface area contributed by atoms with Crippen molar-refractivity contribution in [2.75, 3.05) is 12.3 Å². The van der Waals surface area contributed by atoms with Crippen LogP contribution in [0.2, 0.25) is 0 Å².